The molecule has 0 unspecified atom stereocenters. The predicted octanol–water partition coefficient (Wildman–Crippen LogP) is 6.00. The van der Waals surface area contributed by atoms with Crippen LogP contribution < -0.4 is 5.32 Å². The average molecular weight is 438 g/mol. The molecular formula is C20H15ClF3N3OS. The highest BCUT2D eigenvalue weighted by atomic mass is 35.5. The first-order chi connectivity index (χ1) is 13.7. The van der Waals surface area contributed by atoms with Crippen LogP contribution >= 0.6 is 23.4 Å². The second kappa shape index (κ2) is 8.84. The molecule has 3 rings (SSSR count). The lowest BCUT2D eigenvalue weighted by atomic mass is 10.1. The number of nitrogens with one attached hydrogen (secondary N) is 1. The SMILES string of the molecule is Cc1ccccc1CSc1ncc(Cl)c(C(=O)Nc2cccc(C(F)(F)F)c2)n1. The fraction of sp³-hybridized carbons (Fsp3) is 0.150. The lowest BCUT2D eigenvalue weighted by Crippen LogP contribution is -2.16. The molecule has 0 aliphatic rings. The summed E-state index contributed by atoms with van der Waals surface area (Å²) >= 11 is 7.36. The molecule has 1 heterocycles. The molecule has 1 N–H and O–H groups in total. The van der Waals surface area contributed by atoms with E-state index in [-0.39, 0.29) is 16.4 Å². The Balaban J connectivity index is 1.75. The van der Waals surface area contributed by atoms with E-state index in [0.29, 0.717) is 10.9 Å². The second-order valence-electron chi connectivity index (χ2n) is 6.10. The largest absolute Gasteiger partial charge is 0.416 e. The number of nitrogens with zero attached hydrogens (tertiary/aromatic N) is 2. The highest BCUT2D eigenvalue weighted by Crippen LogP contribution is 2.31. The number of alkyl halides is 3. The van der Waals surface area contributed by atoms with Crippen molar-refractivity contribution >= 4 is 35.0 Å². The van der Waals surface area contributed by atoms with Gasteiger partial charge in [-0.1, -0.05) is 53.7 Å². The Morgan fingerprint density at radius 2 is 1.93 bits per heavy atom. The number of anilines is 1. The van der Waals surface area contributed by atoms with E-state index in [9.17, 15) is 18.0 Å². The monoisotopic (exact) mass is 437 g/mol. The molecule has 2 aromatic carbocycles. The normalized spacial score (nSPS) is 11.3. The van der Waals surface area contributed by atoms with Gasteiger partial charge in [-0.15, -0.1) is 0 Å². The maximum Gasteiger partial charge on any atom is 0.416 e. The molecule has 0 aliphatic heterocycles. The van der Waals surface area contributed by atoms with E-state index in [0.717, 1.165) is 23.3 Å². The number of hydrogen-bond donors (Lipinski definition) is 1. The first kappa shape index (κ1) is 21.1. The lowest BCUT2D eigenvalue weighted by molar-refractivity contribution is -0.137. The summed E-state index contributed by atoms with van der Waals surface area (Å²) in [6.07, 6.45) is -3.21. The molecule has 9 heteroatoms. The number of rotatable bonds is 5. The summed E-state index contributed by atoms with van der Waals surface area (Å²) in [6, 6.07) is 12.2. The topological polar surface area (TPSA) is 54.9 Å². The number of carbonyl (C=O) groups excluding carboxylic acids is 1. The summed E-state index contributed by atoms with van der Waals surface area (Å²) in [5.41, 5.74) is 1.25. The van der Waals surface area contributed by atoms with E-state index in [1.54, 1.807) is 0 Å². The zero-order chi connectivity index (χ0) is 21.0. The zero-order valence-corrected chi connectivity index (χ0v) is 16.7. The lowest BCUT2D eigenvalue weighted by Gasteiger charge is -2.10. The van der Waals surface area contributed by atoms with Gasteiger partial charge < -0.3 is 5.32 Å². The first-order valence-electron chi connectivity index (χ1n) is 8.42. The van der Waals surface area contributed by atoms with Crippen LogP contribution in [0.2, 0.25) is 5.02 Å². The van der Waals surface area contributed by atoms with Gasteiger partial charge in [-0.05, 0) is 36.2 Å². The summed E-state index contributed by atoms with van der Waals surface area (Å²) in [4.78, 5) is 20.8. The minimum Gasteiger partial charge on any atom is -0.321 e. The van der Waals surface area contributed by atoms with Crippen LogP contribution in [0.3, 0.4) is 0 Å². The van der Waals surface area contributed by atoms with Crippen molar-refractivity contribution in [2.45, 2.75) is 24.0 Å². The molecule has 3 aromatic rings. The third-order valence-electron chi connectivity index (χ3n) is 4.00. The van der Waals surface area contributed by atoms with E-state index in [1.807, 2.05) is 31.2 Å². The third kappa shape index (κ3) is 5.48. The van der Waals surface area contributed by atoms with Gasteiger partial charge in [-0.2, -0.15) is 13.2 Å². The molecular weight excluding hydrogens is 423 g/mol. The van der Waals surface area contributed by atoms with E-state index in [2.05, 4.69) is 15.3 Å². The van der Waals surface area contributed by atoms with Crippen molar-refractivity contribution in [3.63, 3.8) is 0 Å². The Morgan fingerprint density at radius 1 is 1.17 bits per heavy atom. The number of halogens is 4. The molecule has 0 radical (unpaired) electrons. The van der Waals surface area contributed by atoms with Crippen LogP contribution in [0.1, 0.15) is 27.2 Å². The zero-order valence-electron chi connectivity index (χ0n) is 15.1. The van der Waals surface area contributed by atoms with Gasteiger partial charge in [0.25, 0.3) is 5.91 Å². The molecule has 0 fully saturated rings. The Hall–Kier alpha value is -2.58. The molecule has 1 amide bonds. The van der Waals surface area contributed by atoms with Gasteiger partial charge in [0.05, 0.1) is 16.8 Å². The van der Waals surface area contributed by atoms with Gasteiger partial charge in [0.15, 0.2) is 10.9 Å². The van der Waals surface area contributed by atoms with Crippen LogP contribution in [0.25, 0.3) is 0 Å². The molecule has 0 saturated carbocycles. The first-order valence-corrected chi connectivity index (χ1v) is 9.79. The summed E-state index contributed by atoms with van der Waals surface area (Å²) in [5.74, 6) is -0.113. The molecule has 0 aliphatic carbocycles. The minimum atomic E-state index is -4.51. The maximum absolute atomic E-state index is 12.8. The van der Waals surface area contributed by atoms with Crippen LogP contribution in [0.15, 0.2) is 59.9 Å². The van der Waals surface area contributed by atoms with Crippen LogP contribution in [0, 0.1) is 6.92 Å². The third-order valence-corrected chi connectivity index (χ3v) is 5.19. The van der Waals surface area contributed by atoms with E-state index >= 15 is 0 Å². The van der Waals surface area contributed by atoms with Crippen LogP contribution in [-0.2, 0) is 11.9 Å². The van der Waals surface area contributed by atoms with Crippen molar-refractivity contribution < 1.29 is 18.0 Å². The molecule has 4 nitrogen and oxygen atoms in total. The quantitative estimate of drug-likeness (QED) is 0.393. The maximum atomic E-state index is 12.8. The summed E-state index contributed by atoms with van der Waals surface area (Å²) in [7, 11) is 0. The summed E-state index contributed by atoms with van der Waals surface area (Å²) < 4.78 is 38.5. The molecule has 150 valence electrons. The van der Waals surface area contributed by atoms with Crippen molar-refractivity contribution in [2.24, 2.45) is 0 Å². The van der Waals surface area contributed by atoms with Gasteiger partial charge in [-0.3, -0.25) is 4.79 Å². The summed E-state index contributed by atoms with van der Waals surface area (Å²) in [5, 5.41) is 2.75. The molecule has 1 aromatic heterocycles. The number of hydrogen-bond acceptors (Lipinski definition) is 4. The van der Waals surface area contributed by atoms with Crippen molar-refractivity contribution in [1.29, 1.82) is 0 Å². The fourth-order valence-corrected chi connectivity index (χ4v) is 3.53. The number of aromatic nitrogens is 2. The molecule has 0 bridgehead atoms. The minimum absolute atomic E-state index is 0.00591. The van der Waals surface area contributed by atoms with E-state index in [1.165, 1.54) is 30.1 Å². The Bertz CT molecular complexity index is 1040. The van der Waals surface area contributed by atoms with Crippen molar-refractivity contribution in [3.05, 3.63) is 82.1 Å². The van der Waals surface area contributed by atoms with Gasteiger partial charge in [0, 0.05) is 11.4 Å². The number of aryl methyl sites for hydroxylation is 1. The van der Waals surface area contributed by atoms with Crippen molar-refractivity contribution in [3.8, 4) is 0 Å². The Kier molecular flexibility index (Phi) is 6.44. The van der Waals surface area contributed by atoms with Gasteiger partial charge in [-0.25, -0.2) is 9.97 Å². The smallest absolute Gasteiger partial charge is 0.321 e. The number of carbonyl (C=O) groups is 1. The number of amides is 1. The number of benzene rings is 2. The van der Waals surface area contributed by atoms with Crippen LogP contribution in [0.4, 0.5) is 18.9 Å². The predicted molar refractivity (Wildman–Crippen MR) is 107 cm³/mol. The van der Waals surface area contributed by atoms with Crippen LogP contribution in [0.5, 0.6) is 0 Å². The molecule has 0 spiro atoms. The fourth-order valence-electron chi connectivity index (χ4n) is 2.46. The molecule has 0 saturated heterocycles. The average Bonchev–Trinajstić information content (AvgIpc) is 2.68. The highest BCUT2D eigenvalue weighted by molar-refractivity contribution is 7.98. The van der Waals surface area contributed by atoms with Crippen molar-refractivity contribution in [2.75, 3.05) is 5.32 Å². The summed E-state index contributed by atoms with van der Waals surface area (Å²) in [6.45, 7) is 1.99. The molecule has 0 atom stereocenters. The standard InChI is InChI=1S/C20H15ClF3N3OS/c1-12-5-2-3-6-13(12)11-29-19-25-10-16(21)17(27-19)18(28)26-15-8-4-7-14(9-15)20(22,23)24/h2-10H,11H2,1H3,(H,26,28). The van der Waals surface area contributed by atoms with Gasteiger partial charge >= 0.3 is 6.18 Å². The van der Waals surface area contributed by atoms with Crippen LogP contribution in [-0.4, -0.2) is 15.9 Å². The molecule has 29 heavy (non-hydrogen) atoms. The highest BCUT2D eigenvalue weighted by Gasteiger charge is 2.30. The number of thioether (sulfide) groups is 1. The van der Waals surface area contributed by atoms with Gasteiger partial charge in [0.1, 0.15) is 0 Å². The Morgan fingerprint density at radius 3 is 2.66 bits per heavy atom. The van der Waals surface area contributed by atoms with Crippen molar-refractivity contribution in [1.82, 2.24) is 9.97 Å². The second-order valence-corrected chi connectivity index (χ2v) is 7.45. The Labute approximate surface area is 174 Å². The van der Waals surface area contributed by atoms with E-state index in [4.69, 9.17) is 11.6 Å². The van der Waals surface area contributed by atoms with Gasteiger partial charge in [0.2, 0.25) is 0 Å². The van der Waals surface area contributed by atoms with E-state index < -0.39 is 17.6 Å².